The number of phenols is 1. The number of aliphatic hydroxyl groups is 1. The van der Waals surface area contributed by atoms with E-state index in [-0.39, 0.29) is 23.5 Å². The van der Waals surface area contributed by atoms with Crippen LogP contribution in [0.15, 0.2) is 42.5 Å². The van der Waals surface area contributed by atoms with Gasteiger partial charge in [0.15, 0.2) is 5.82 Å². The van der Waals surface area contributed by atoms with Gasteiger partial charge in [0.25, 0.3) is 0 Å². The van der Waals surface area contributed by atoms with E-state index in [0.717, 1.165) is 30.4 Å². The van der Waals surface area contributed by atoms with Crippen LogP contribution in [0.5, 0.6) is 5.75 Å². The molecule has 1 atom stereocenters. The van der Waals surface area contributed by atoms with E-state index in [9.17, 15) is 9.50 Å². The van der Waals surface area contributed by atoms with Gasteiger partial charge in [-0.1, -0.05) is 12.1 Å². The van der Waals surface area contributed by atoms with Crippen molar-refractivity contribution in [2.24, 2.45) is 0 Å². The van der Waals surface area contributed by atoms with Gasteiger partial charge in [0.2, 0.25) is 0 Å². The van der Waals surface area contributed by atoms with Crippen molar-refractivity contribution in [1.29, 1.82) is 0 Å². The lowest BCUT2D eigenvalue weighted by Gasteiger charge is -2.15. The Bertz CT molecular complexity index is 940. The number of aliphatic hydroxyl groups excluding tert-OH is 1. The van der Waals surface area contributed by atoms with Crippen LogP contribution < -0.4 is 10.6 Å². The molecule has 0 amide bonds. The lowest BCUT2D eigenvalue weighted by Crippen LogP contribution is -2.23. The number of aromatic nitrogens is 2. The first-order chi connectivity index (χ1) is 13.4. The second kappa shape index (κ2) is 8.95. The summed E-state index contributed by atoms with van der Waals surface area (Å²) in [6.07, 6.45) is 0.846. The van der Waals surface area contributed by atoms with Crippen LogP contribution in [-0.4, -0.2) is 45.4 Å². The van der Waals surface area contributed by atoms with Crippen LogP contribution in [-0.2, 0) is 0 Å². The molecule has 148 valence electrons. The maximum absolute atomic E-state index is 13.6. The third-order valence-electron chi connectivity index (χ3n) is 4.20. The maximum Gasteiger partial charge on any atom is 0.165 e. The van der Waals surface area contributed by atoms with Gasteiger partial charge in [-0.05, 0) is 57.1 Å². The van der Waals surface area contributed by atoms with Gasteiger partial charge in [-0.2, -0.15) is 0 Å². The highest BCUT2D eigenvalue weighted by Crippen LogP contribution is 2.31. The molecule has 1 aliphatic rings. The molecule has 0 bridgehead atoms. The van der Waals surface area contributed by atoms with Crippen molar-refractivity contribution in [3.05, 3.63) is 48.3 Å². The Morgan fingerprint density at radius 3 is 2.64 bits per heavy atom. The Balaban J connectivity index is 0.000000516. The summed E-state index contributed by atoms with van der Waals surface area (Å²) in [7, 11) is 0. The third-order valence-corrected chi connectivity index (χ3v) is 4.20. The van der Waals surface area contributed by atoms with E-state index < -0.39 is 5.82 Å². The second-order valence-electron chi connectivity index (χ2n) is 7.00. The van der Waals surface area contributed by atoms with Crippen molar-refractivity contribution in [1.82, 2.24) is 15.3 Å². The average molecular weight is 384 g/mol. The molecule has 0 saturated carbocycles. The fourth-order valence-corrected chi connectivity index (χ4v) is 2.97. The molecule has 2 heterocycles. The number of phenolic OH excluding ortho intramolecular Hbond substituents is 1. The molecule has 4 N–H and O–H groups in total. The van der Waals surface area contributed by atoms with Crippen LogP contribution >= 0.6 is 0 Å². The van der Waals surface area contributed by atoms with E-state index in [1.54, 1.807) is 13.8 Å². The molecule has 2 aromatic carbocycles. The van der Waals surface area contributed by atoms with Crippen molar-refractivity contribution < 1.29 is 14.6 Å². The van der Waals surface area contributed by atoms with Gasteiger partial charge in [0, 0.05) is 24.1 Å². The number of hydrogen-bond acceptors (Lipinski definition) is 6. The number of nitrogens with one attached hydrogen (secondary N) is 2. The number of rotatable bonds is 3. The first-order valence-electron chi connectivity index (χ1n) is 9.35. The first-order valence-corrected chi connectivity index (χ1v) is 9.35. The van der Waals surface area contributed by atoms with Crippen LogP contribution in [0.3, 0.4) is 0 Å². The molecule has 6 nitrogen and oxygen atoms in total. The Labute approximate surface area is 163 Å². The van der Waals surface area contributed by atoms with E-state index in [2.05, 4.69) is 20.6 Å². The summed E-state index contributed by atoms with van der Waals surface area (Å²) < 4.78 is 13.6. The SMILES string of the molecule is CC(C)O.Oc1ccc(F)cc1-c1nc(N[C@H]2CCNC2)c2ccccc2n1. The third kappa shape index (κ3) is 4.94. The molecule has 0 unspecified atom stereocenters. The van der Waals surface area contributed by atoms with Gasteiger partial charge in [0.05, 0.1) is 11.1 Å². The van der Waals surface area contributed by atoms with Crippen molar-refractivity contribution in [3.8, 4) is 17.1 Å². The van der Waals surface area contributed by atoms with E-state index in [1.165, 1.54) is 18.2 Å². The number of hydrogen-bond donors (Lipinski definition) is 4. The molecule has 0 radical (unpaired) electrons. The lowest BCUT2D eigenvalue weighted by molar-refractivity contribution is 0.216. The number of benzene rings is 2. The molecular weight excluding hydrogens is 359 g/mol. The Morgan fingerprint density at radius 1 is 1.18 bits per heavy atom. The van der Waals surface area contributed by atoms with E-state index in [1.807, 2.05) is 24.3 Å². The predicted molar refractivity (Wildman–Crippen MR) is 109 cm³/mol. The molecule has 3 aromatic rings. The van der Waals surface area contributed by atoms with Gasteiger partial charge in [0.1, 0.15) is 17.4 Å². The van der Waals surface area contributed by atoms with Crippen molar-refractivity contribution >= 4 is 16.7 Å². The fraction of sp³-hybridized carbons (Fsp3) is 0.333. The van der Waals surface area contributed by atoms with E-state index in [4.69, 9.17) is 5.11 Å². The van der Waals surface area contributed by atoms with E-state index >= 15 is 0 Å². The first kappa shape index (κ1) is 20.0. The Hall–Kier alpha value is -2.77. The van der Waals surface area contributed by atoms with Gasteiger partial charge in [-0.3, -0.25) is 0 Å². The molecule has 4 rings (SSSR count). The van der Waals surface area contributed by atoms with E-state index in [0.29, 0.717) is 11.6 Å². The molecule has 1 aliphatic heterocycles. The minimum atomic E-state index is -0.436. The minimum Gasteiger partial charge on any atom is -0.507 e. The Morgan fingerprint density at radius 2 is 1.93 bits per heavy atom. The summed E-state index contributed by atoms with van der Waals surface area (Å²) in [5.74, 6) is 0.529. The van der Waals surface area contributed by atoms with Gasteiger partial charge < -0.3 is 20.8 Å². The lowest BCUT2D eigenvalue weighted by atomic mass is 10.1. The predicted octanol–water partition coefficient (Wildman–Crippen LogP) is 3.30. The quantitative estimate of drug-likeness (QED) is 0.554. The summed E-state index contributed by atoms with van der Waals surface area (Å²) in [6, 6.07) is 11.7. The smallest absolute Gasteiger partial charge is 0.165 e. The molecule has 1 aromatic heterocycles. The zero-order chi connectivity index (χ0) is 20.1. The molecule has 28 heavy (non-hydrogen) atoms. The molecule has 1 saturated heterocycles. The maximum atomic E-state index is 13.6. The molecule has 1 fully saturated rings. The van der Waals surface area contributed by atoms with Crippen LogP contribution in [0.1, 0.15) is 20.3 Å². The number of para-hydroxylation sites is 1. The molecule has 0 aliphatic carbocycles. The van der Waals surface area contributed by atoms with Gasteiger partial charge >= 0.3 is 0 Å². The molecule has 0 spiro atoms. The Kier molecular flexibility index (Phi) is 6.38. The number of aromatic hydroxyl groups is 1. The summed E-state index contributed by atoms with van der Waals surface area (Å²) in [5, 5.41) is 25.8. The zero-order valence-corrected chi connectivity index (χ0v) is 16.0. The van der Waals surface area contributed by atoms with Crippen LogP contribution in [0, 0.1) is 5.82 Å². The average Bonchev–Trinajstić information content (AvgIpc) is 3.16. The van der Waals surface area contributed by atoms with Crippen molar-refractivity contribution in [2.45, 2.75) is 32.4 Å². The number of nitrogens with zero attached hydrogens (tertiary/aromatic N) is 2. The largest absolute Gasteiger partial charge is 0.507 e. The number of halogens is 1. The monoisotopic (exact) mass is 384 g/mol. The highest BCUT2D eigenvalue weighted by molar-refractivity contribution is 5.91. The van der Waals surface area contributed by atoms with Crippen LogP contribution in [0.2, 0.25) is 0 Å². The zero-order valence-electron chi connectivity index (χ0n) is 16.0. The van der Waals surface area contributed by atoms with Gasteiger partial charge in [-0.15, -0.1) is 0 Å². The summed E-state index contributed by atoms with van der Waals surface area (Å²) >= 11 is 0. The van der Waals surface area contributed by atoms with Crippen molar-refractivity contribution in [3.63, 3.8) is 0 Å². The topological polar surface area (TPSA) is 90.3 Å². The van der Waals surface area contributed by atoms with Crippen molar-refractivity contribution in [2.75, 3.05) is 18.4 Å². The highest BCUT2D eigenvalue weighted by atomic mass is 19.1. The summed E-state index contributed by atoms with van der Waals surface area (Å²) in [6.45, 7) is 5.29. The number of anilines is 1. The van der Waals surface area contributed by atoms with Crippen LogP contribution in [0.25, 0.3) is 22.3 Å². The number of fused-ring (bicyclic) bond motifs is 1. The fourth-order valence-electron chi connectivity index (χ4n) is 2.97. The molecule has 7 heteroatoms. The van der Waals surface area contributed by atoms with Crippen LogP contribution in [0.4, 0.5) is 10.2 Å². The summed E-state index contributed by atoms with van der Waals surface area (Å²) in [5.41, 5.74) is 1.04. The highest BCUT2D eigenvalue weighted by Gasteiger charge is 2.18. The second-order valence-corrected chi connectivity index (χ2v) is 7.00. The molecular formula is C21H25FN4O2. The normalized spacial score (nSPS) is 16.1. The standard InChI is InChI=1S/C18H17FN4O.C3H8O/c19-11-5-6-16(24)14(9-11)18-22-15-4-2-1-3-13(15)17(23-18)21-12-7-8-20-10-12;1-3(2)4/h1-6,9,12,20,24H,7-8,10H2,(H,21,22,23);3-4H,1-2H3/t12-;/m0./s1. The summed E-state index contributed by atoms with van der Waals surface area (Å²) in [4.78, 5) is 9.05. The van der Waals surface area contributed by atoms with Gasteiger partial charge in [-0.25, -0.2) is 14.4 Å². The minimum absolute atomic E-state index is 0.0415.